The van der Waals surface area contributed by atoms with Crippen LogP contribution >= 0.6 is 22.9 Å². The van der Waals surface area contributed by atoms with Crippen molar-refractivity contribution in [2.24, 2.45) is 5.16 Å². The van der Waals surface area contributed by atoms with E-state index in [-0.39, 0.29) is 17.7 Å². The Hall–Kier alpha value is -2.77. The lowest BCUT2D eigenvalue weighted by Gasteiger charge is -2.09. The van der Waals surface area contributed by atoms with Crippen molar-refractivity contribution in [1.82, 2.24) is 4.98 Å². The number of rotatable bonds is 7. The van der Waals surface area contributed by atoms with E-state index in [2.05, 4.69) is 15.5 Å². The highest BCUT2D eigenvalue weighted by molar-refractivity contribution is 7.18. The number of carbonyl (C=O) groups is 1. The smallest absolute Gasteiger partial charge is 0.172 e. The summed E-state index contributed by atoms with van der Waals surface area (Å²) in [6.07, 6.45) is 4.41. The van der Waals surface area contributed by atoms with E-state index in [0.29, 0.717) is 45.4 Å². The van der Waals surface area contributed by atoms with E-state index in [1.165, 1.54) is 17.4 Å². The van der Waals surface area contributed by atoms with Gasteiger partial charge in [0.2, 0.25) is 0 Å². The molecular formula is C21H17ClFN3O2S. The quantitative estimate of drug-likeness (QED) is 0.479. The number of pyridine rings is 1. The maximum atomic E-state index is 14.6. The third kappa shape index (κ3) is 4.81. The lowest BCUT2D eigenvalue weighted by Crippen LogP contribution is -2.11. The summed E-state index contributed by atoms with van der Waals surface area (Å²) in [6.45, 7) is 0. The molecule has 1 N–H and O–H groups in total. The fourth-order valence-corrected chi connectivity index (χ4v) is 4.06. The van der Waals surface area contributed by atoms with Gasteiger partial charge in [-0.15, -0.1) is 11.3 Å². The third-order valence-corrected chi connectivity index (χ3v) is 5.80. The fraction of sp³-hybridized carbons (Fsp3) is 0.190. The number of aromatic nitrogens is 1. The predicted octanol–water partition coefficient (Wildman–Crippen LogP) is 5.84. The molecule has 8 heteroatoms. The first-order valence-corrected chi connectivity index (χ1v) is 10.3. The molecule has 0 radical (unpaired) electrons. The van der Waals surface area contributed by atoms with Crippen molar-refractivity contribution < 1.29 is 14.0 Å². The molecule has 3 heterocycles. The molecule has 1 unspecified atom stereocenters. The number of anilines is 2. The van der Waals surface area contributed by atoms with Crippen LogP contribution in [0.1, 0.15) is 34.5 Å². The number of nitrogens with zero attached hydrogens (tertiary/aromatic N) is 2. The average molecular weight is 430 g/mol. The molecule has 3 aromatic rings. The van der Waals surface area contributed by atoms with Crippen molar-refractivity contribution >= 4 is 45.8 Å². The first kappa shape index (κ1) is 19.5. The maximum Gasteiger partial charge on any atom is 0.172 e. The zero-order chi connectivity index (χ0) is 20.2. The van der Waals surface area contributed by atoms with E-state index in [1.54, 1.807) is 48.8 Å². The number of carbonyl (C=O) groups excluding carboxylic acids is 1. The summed E-state index contributed by atoms with van der Waals surface area (Å²) >= 11 is 7.14. The van der Waals surface area contributed by atoms with Crippen molar-refractivity contribution in [2.45, 2.75) is 25.4 Å². The van der Waals surface area contributed by atoms with E-state index in [9.17, 15) is 9.18 Å². The van der Waals surface area contributed by atoms with Gasteiger partial charge in [-0.1, -0.05) is 16.8 Å². The number of ketones is 1. The van der Waals surface area contributed by atoms with Crippen LogP contribution < -0.4 is 5.32 Å². The Morgan fingerprint density at radius 1 is 1.21 bits per heavy atom. The van der Waals surface area contributed by atoms with Crippen LogP contribution in [0.25, 0.3) is 0 Å². The molecule has 29 heavy (non-hydrogen) atoms. The van der Waals surface area contributed by atoms with Crippen molar-refractivity contribution in [3.05, 3.63) is 75.5 Å². The van der Waals surface area contributed by atoms with Gasteiger partial charge in [0.1, 0.15) is 11.9 Å². The van der Waals surface area contributed by atoms with Crippen LogP contribution in [0.5, 0.6) is 0 Å². The third-order valence-electron chi connectivity index (χ3n) is 4.52. The second-order valence-electron chi connectivity index (χ2n) is 6.59. The second kappa shape index (κ2) is 8.71. The molecule has 0 amide bonds. The molecule has 5 nitrogen and oxygen atoms in total. The summed E-state index contributed by atoms with van der Waals surface area (Å²) in [5.41, 5.74) is 2.41. The Kier molecular flexibility index (Phi) is 5.87. The number of Topliss-reactive ketones (excluding diaryl/α,β-unsaturated/α-hetero) is 1. The summed E-state index contributed by atoms with van der Waals surface area (Å²) in [5.74, 6) is -0.354. The van der Waals surface area contributed by atoms with Crippen LogP contribution in [0.2, 0.25) is 4.34 Å². The van der Waals surface area contributed by atoms with Gasteiger partial charge in [0.15, 0.2) is 5.78 Å². The van der Waals surface area contributed by atoms with Gasteiger partial charge in [-0.25, -0.2) is 4.39 Å². The number of oxime groups is 1. The molecule has 0 spiro atoms. The number of hydrogen-bond acceptors (Lipinski definition) is 6. The largest absolute Gasteiger partial charge is 0.392 e. The Morgan fingerprint density at radius 3 is 2.76 bits per heavy atom. The molecule has 1 aliphatic rings. The summed E-state index contributed by atoms with van der Waals surface area (Å²) in [7, 11) is 0. The number of thiophene rings is 1. The average Bonchev–Trinajstić information content (AvgIpc) is 3.36. The number of hydrogen-bond donors (Lipinski definition) is 1. The normalized spacial score (nSPS) is 15.7. The van der Waals surface area contributed by atoms with E-state index >= 15 is 0 Å². The van der Waals surface area contributed by atoms with Gasteiger partial charge in [0.25, 0.3) is 0 Å². The monoisotopic (exact) mass is 429 g/mol. The molecular weight excluding hydrogens is 413 g/mol. The minimum Gasteiger partial charge on any atom is -0.392 e. The Morgan fingerprint density at radius 2 is 2.03 bits per heavy atom. The maximum absolute atomic E-state index is 14.6. The Balaban J connectivity index is 1.34. The highest BCUT2D eigenvalue weighted by Gasteiger charge is 2.25. The van der Waals surface area contributed by atoms with Gasteiger partial charge in [0, 0.05) is 42.2 Å². The second-order valence-corrected chi connectivity index (χ2v) is 8.31. The summed E-state index contributed by atoms with van der Waals surface area (Å²) in [6, 6.07) is 11.9. The molecule has 148 valence electrons. The molecule has 1 atom stereocenters. The predicted molar refractivity (Wildman–Crippen MR) is 113 cm³/mol. The van der Waals surface area contributed by atoms with E-state index in [0.717, 1.165) is 5.69 Å². The summed E-state index contributed by atoms with van der Waals surface area (Å²) in [5, 5.41) is 7.16. The Labute approximate surface area is 176 Å². The Bertz CT molecular complexity index is 1060. The standard InChI is InChI=1S/C21H17ClFN3O2S/c22-21-6-5-20(29-21)19(27)4-2-15-12-18(26-28-15)16-3-1-14(11-17(16)23)25-13-7-9-24-10-8-13/h1,3,5-11,15H,2,4,12H2,(H,24,25). The van der Waals surface area contributed by atoms with E-state index in [1.807, 2.05) is 0 Å². The highest BCUT2D eigenvalue weighted by Crippen LogP contribution is 2.27. The van der Waals surface area contributed by atoms with Crippen LogP contribution in [-0.2, 0) is 4.84 Å². The summed E-state index contributed by atoms with van der Waals surface area (Å²) < 4.78 is 15.2. The van der Waals surface area contributed by atoms with Crippen molar-refractivity contribution in [2.75, 3.05) is 5.32 Å². The molecule has 4 rings (SSSR count). The zero-order valence-electron chi connectivity index (χ0n) is 15.3. The van der Waals surface area contributed by atoms with Crippen LogP contribution in [0.15, 0.2) is 60.0 Å². The number of benzene rings is 1. The number of nitrogens with one attached hydrogen (secondary N) is 1. The molecule has 1 aliphatic heterocycles. The highest BCUT2D eigenvalue weighted by atomic mass is 35.5. The van der Waals surface area contributed by atoms with Crippen molar-refractivity contribution in [3.63, 3.8) is 0 Å². The molecule has 1 aromatic carbocycles. The number of halogens is 2. The van der Waals surface area contributed by atoms with Crippen LogP contribution in [-0.4, -0.2) is 22.6 Å². The molecule has 0 fully saturated rings. The molecule has 0 saturated heterocycles. The molecule has 0 aliphatic carbocycles. The van der Waals surface area contributed by atoms with Gasteiger partial charge in [-0.2, -0.15) is 0 Å². The van der Waals surface area contributed by atoms with Crippen LogP contribution in [0, 0.1) is 5.82 Å². The molecule has 2 aromatic heterocycles. The van der Waals surface area contributed by atoms with E-state index in [4.69, 9.17) is 16.4 Å². The minimum absolute atomic E-state index is 0.0247. The van der Waals surface area contributed by atoms with Gasteiger partial charge in [-0.3, -0.25) is 9.78 Å². The van der Waals surface area contributed by atoms with Crippen molar-refractivity contribution in [1.29, 1.82) is 0 Å². The summed E-state index contributed by atoms with van der Waals surface area (Å²) in [4.78, 5) is 22.2. The fourth-order valence-electron chi connectivity index (χ4n) is 3.05. The van der Waals surface area contributed by atoms with E-state index < -0.39 is 0 Å². The van der Waals surface area contributed by atoms with Crippen LogP contribution in [0.3, 0.4) is 0 Å². The topological polar surface area (TPSA) is 63.6 Å². The van der Waals surface area contributed by atoms with Gasteiger partial charge < -0.3 is 10.2 Å². The first-order chi connectivity index (χ1) is 14.1. The van der Waals surface area contributed by atoms with Crippen molar-refractivity contribution in [3.8, 4) is 0 Å². The molecule has 0 saturated carbocycles. The van der Waals surface area contributed by atoms with Gasteiger partial charge >= 0.3 is 0 Å². The SMILES string of the molecule is O=C(CCC1CC(c2ccc(Nc3ccncc3)cc2F)=NO1)c1ccc(Cl)s1. The zero-order valence-corrected chi connectivity index (χ0v) is 16.8. The first-order valence-electron chi connectivity index (χ1n) is 9.06. The lowest BCUT2D eigenvalue weighted by molar-refractivity contribution is 0.0720. The van der Waals surface area contributed by atoms with Crippen LogP contribution in [0.4, 0.5) is 15.8 Å². The minimum atomic E-state index is -0.378. The van der Waals surface area contributed by atoms with Gasteiger partial charge in [0.05, 0.1) is 14.9 Å². The molecule has 0 bridgehead atoms. The van der Waals surface area contributed by atoms with Gasteiger partial charge in [-0.05, 0) is 48.9 Å². The lowest BCUT2D eigenvalue weighted by atomic mass is 10.0.